The number of carbonyl (C=O) groups excluding carboxylic acids is 1. The van der Waals surface area contributed by atoms with Gasteiger partial charge in [0.15, 0.2) is 0 Å². The van der Waals surface area contributed by atoms with Gasteiger partial charge in [0, 0.05) is 18.4 Å². The van der Waals surface area contributed by atoms with Gasteiger partial charge in [0.2, 0.25) is 5.91 Å². The molecule has 1 amide bonds. The zero-order valence-corrected chi connectivity index (χ0v) is 11.1. The van der Waals surface area contributed by atoms with Crippen LogP contribution in [0.15, 0.2) is 0 Å². The summed E-state index contributed by atoms with van der Waals surface area (Å²) in [4.78, 5) is 21.7. The van der Waals surface area contributed by atoms with Crippen molar-refractivity contribution in [2.45, 2.75) is 38.0 Å². The topological polar surface area (TPSA) is 95.9 Å². The molecule has 1 rings (SSSR count). The van der Waals surface area contributed by atoms with Crippen molar-refractivity contribution in [3.8, 4) is 0 Å². The number of nitrogens with one attached hydrogen (secondary N) is 1. The third-order valence-corrected chi connectivity index (χ3v) is 3.84. The minimum absolute atomic E-state index is 0.0325. The quantitative estimate of drug-likeness (QED) is 0.599. The Bertz CT molecular complexity index is 299. The number of hydrogen-bond donors (Lipinski definition) is 3. The third-order valence-electron chi connectivity index (χ3n) is 2.66. The van der Waals surface area contributed by atoms with E-state index in [0.717, 1.165) is 12.8 Å². The Morgan fingerprint density at radius 1 is 1.44 bits per heavy atom. The van der Waals surface area contributed by atoms with Gasteiger partial charge in [-0.2, -0.15) is 11.8 Å². The maximum Gasteiger partial charge on any atom is 0.327 e. The van der Waals surface area contributed by atoms with Crippen molar-refractivity contribution in [3.63, 3.8) is 0 Å². The first-order valence-corrected chi connectivity index (χ1v) is 7.02. The summed E-state index contributed by atoms with van der Waals surface area (Å²) in [6, 6.07) is -0.859. The van der Waals surface area contributed by atoms with Gasteiger partial charge in [-0.1, -0.05) is 0 Å². The second-order valence-electron chi connectivity index (χ2n) is 4.27. The fraction of sp³-hybridized carbons (Fsp3) is 0.818. The maximum atomic E-state index is 10.9. The van der Waals surface area contributed by atoms with E-state index in [4.69, 9.17) is 14.9 Å². The van der Waals surface area contributed by atoms with Crippen LogP contribution in [0.25, 0.3) is 0 Å². The van der Waals surface area contributed by atoms with Crippen molar-refractivity contribution in [3.05, 3.63) is 0 Å². The highest BCUT2D eigenvalue weighted by Crippen LogP contribution is 2.22. The minimum atomic E-state index is -1.03. The van der Waals surface area contributed by atoms with Crippen molar-refractivity contribution in [1.29, 1.82) is 0 Å². The van der Waals surface area contributed by atoms with E-state index in [0.29, 0.717) is 11.5 Å². The average molecular weight is 277 g/mol. The van der Waals surface area contributed by atoms with Crippen LogP contribution in [0.3, 0.4) is 0 Å². The summed E-state index contributed by atoms with van der Waals surface area (Å²) in [5.41, 5.74) is 0. The second kappa shape index (κ2) is 7.60. The Labute approximate surface area is 110 Å². The maximum absolute atomic E-state index is 10.9. The average Bonchev–Trinajstić information content (AvgIpc) is 2.75. The van der Waals surface area contributed by atoms with Gasteiger partial charge in [0.25, 0.3) is 0 Å². The molecule has 0 spiro atoms. The molecule has 0 aromatic heterocycles. The zero-order chi connectivity index (χ0) is 13.5. The number of aliphatic hydroxyl groups excluding tert-OH is 1. The highest BCUT2D eigenvalue weighted by molar-refractivity contribution is 7.99. The molecule has 0 aromatic carbocycles. The van der Waals surface area contributed by atoms with E-state index < -0.39 is 12.0 Å². The number of amides is 1. The lowest BCUT2D eigenvalue weighted by Gasteiger charge is -2.15. The number of thioether (sulfide) groups is 1. The molecule has 6 nitrogen and oxygen atoms in total. The first-order valence-electron chi connectivity index (χ1n) is 5.87. The van der Waals surface area contributed by atoms with Gasteiger partial charge in [-0.3, -0.25) is 4.79 Å². The van der Waals surface area contributed by atoms with E-state index >= 15 is 0 Å². The van der Waals surface area contributed by atoms with Crippen molar-refractivity contribution < 1.29 is 24.5 Å². The summed E-state index contributed by atoms with van der Waals surface area (Å²) in [7, 11) is 0. The minimum Gasteiger partial charge on any atom is -0.480 e. The number of carboxylic acids is 1. The molecule has 3 atom stereocenters. The predicted molar refractivity (Wildman–Crippen MR) is 67.5 cm³/mol. The molecule has 1 fully saturated rings. The van der Waals surface area contributed by atoms with Crippen LogP contribution < -0.4 is 5.32 Å². The summed E-state index contributed by atoms with van der Waals surface area (Å²) < 4.78 is 5.53. The van der Waals surface area contributed by atoms with Gasteiger partial charge in [-0.05, 0) is 12.8 Å². The smallest absolute Gasteiger partial charge is 0.327 e. The molecule has 0 radical (unpaired) electrons. The van der Waals surface area contributed by atoms with E-state index in [1.807, 2.05) is 0 Å². The normalized spacial score (nSPS) is 24.8. The molecular formula is C11H19NO5S. The number of carboxylic acid groups (broad SMARTS) is 1. The van der Waals surface area contributed by atoms with Crippen molar-refractivity contribution in [2.24, 2.45) is 0 Å². The number of hydrogen-bond acceptors (Lipinski definition) is 5. The number of aliphatic carboxylic acids is 1. The molecule has 3 N–H and O–H groups in total. The Morgan fingerprint density at radius 2 is 2.11 bits per heavy atom. The summed E-state index contributed by atoms with van der Waals surface area (Å²) in [5, 5.41) is 20.2. The molecular weight excluding hydrogens is 258 g/mol. The largest absolute Gasteiger partial charge is 0.480 e. The van der Waals surface area contributed by atoms with Crippen LogP contribution in [0.1, 0.15) is 19.8 Å². The van der Waals surface area contributed by atoms with Gasteiger partial charge < -0.3 is 20.3 Å². The molecule has 104 valence electrons. The predicted octanol–water partition coefficient (Wildman–Crippen LogP) is -0.151. The molecule has 1 saturated heterocycles. The first-order chi connectivity index (χ1) is 8.52. The summed E-state index contributed by atoms with van der Waals surface area (Å²) in [6.07, 6.45) is 1.71. The Balaban J connectivity index is 2.22. The SMILES string of the molecule is CC(=O)N[C@@H](CSC[C@H]1CC[C@H](CO)O1)C(=O)O. The third kappa shape index (κ3) is 5.24. The lowest BCUT2D eigenvalue weighted by molar-refractivity contribution is -0.140. The highest BCUT2D eigenvalue weighted by atomic mass is 32.2. The molecule has 7 heteroatoms. The lowest BCUT2D eigenvalue weighted by atomic mass is 10.2. The molecule has 1 aliphatic heterocycles. The van der Waals surface area contributed by atoms with Crippen LogP contribution in [-0.4, -0.2) is 58.5 Å². The van der Waals surface area contributed by atoms with Gasteiger partial charge in [-0.15, -0.1) is 0 Å². The molecule has 18 heavy (non-hydrogen) atoms. The Kier molecular flexibility index (Phi) is 6.45. The van der Waals surface area contributed by atoms with Crippen LogP contribution in [0.4, 0.5) is 0 Å². The highest BCUT2D eigenvalue weighted by Gasteiger charge is 2.25. The fourth-order valence-electron chi connectivity index (χ4n) is 1.77. The van der Waals surface area contributed by atoms with Crippen molar-refractivity contribution in [2.75, 3.05) is 18.1 Å². The molecule has 0 saturated carbocycles. The van der Waals surface area contributed by atoms with Gasteiger partial charge in [0.1, 0.15) is 6.04 Å². The molecule has 0 aliphatic carbocycles. The van der Waals surface area contributed by atoms with E-state index in [9.17, 15) is 9.59 Å². The Morgan fingerprint density at radius 3 is 2.61 bits per heavy atom. The number of aliphatic hydroxyl groups is 1. The summed E-state index contributed by atoms with van der Waals surface area (Å²) in [6.45, 7) is 1.33. The molecule has 0 aromatic rings. The van der Waals surface area contributed by atoms with Crippen LogP contribution in [0, 0.1) is 0 Å². The molecule has 0 bridgehead atoms. The number of carbonyl (C=O) groups is 2. The van der Waals surface area contributed by atoms with Crippen molar-refractivity contribution >= 4 is 23.6 Å². The fourth-order valence-corrected chi connectivity index (χ4v) is 2.88. The second-order valence-corrected chi connectivity index (χ2v) is 5.34. The summed E-state index contributed by atoms with van der Waals surface area (Å²) in [5.74, 6) is -0.378. The molecule has 1 aliphatic rings. The van der Waals surface area contributed by atoms with Crippen molar-refractivity contribution in [1.82, 2.24) is 5.32 Å². The van der Waals surface area contributed by atoms with E-state index in [1.54, 1.807) is 0 Å². The van der Waals surface area contributed by atoms with Gasteiger partial charge >= 0.3 is 5.97 Å². The van der Waals surface area contributed by atoms with E-state index in [-0.39, 0.29) is 24.7 Å². The van der Waals surface area contributed by atoms with Crippen LogP contribution in [0.2, 0.25) is 0 Å². The molecule has 1 heterocycles. The Hall–Kier alpha value is -0.790. The molecule has 0 unspecified atom stereocenters. The number of rotatable bonds is 7. The lowest BCUT2D eigenvalue weighted by Crippen LogP contribution is -2.41. The zero-order valence-electron chi connectivity index (χ0n) is 10.3. The van der Waals surface area contributed by atoms with Gasteiger partial charge in [-0.25, -0.2) is 4.79 Å². The standard InChI is InChI=1S/C11H19NO5S/c1-7(14)12-10(11(15)16)6-18-5-9-3-2-8(4-13)17-9/h8-10,13H,2-6H2,1H3,(H,12,14)(H,15,16)/t8-,9-,10+/m1/s1. The summed E-state index contributed by atoms with van der Waals surface area (Å²) >= 11 is 1.44. The van der Waals surface area contributed by atoms with E-state index in [2.05, 4.69) is 5.32 Å². The first kappa shape index (κ1) is 15.3. The van der Waals surface area contributed by atoms with Crippen LogP contribution >= 0.6 is 11.8 Å². The number of ether oxygens (including phenoxy) is 1. The van der Waals surface area contributed by atoms with E-state index in [1.165, 1.54) is 18.7 Å². The monoisotopic (exact) mass is 277 g/mol. The van der Waals surface area contributed by atoms with Gasteiger partial charge in [0.05, 0.1) is 18.8 Å². The van der Waals surface area contributed by atoms with Crippen LogP contribution in [0.5, 0.6) is 0 Å². The van der Waals surface area contributed by atoms with Crippen LogP contribution in [-0.2, 0) is 14.3 Å².